The first-order valence-corrected chi connectivity index (χ1v) is 18.1. The van der Waals surface area contributed by atoms with Gasteiger partial charge in [0.15, 0.2) is 0 Å². The highest BCUT2D eigenvalue weighted by molar-refractivity contribution is 6.80. The van der Waals surface area contributed by atoms with Crippen LogP contribution in [-0.2, 0) is 20.6 Å². The van der Waals surface area contributed by atoms with Gasteiger partial charge in [0.25, 0.3) is 37.1 Å². The molecule has 0 amide bonds. The molecule has 4 atom stereocenters. The Hall–Kier alpha value is 0.814. The van der Waals surface area contributed by atoms with Crippen LogP contribution in [0.3, 0.4) is 0 Å². The van der Waals surface area contributed by atoms with Gasteiger partial charge in [0.05, 0.1) is 6.67 Å². The molecule has 0 spiro atoms. The lowest BCUT2D eigenvalue weighted by atomic mass is 10.4. The van der Waals surface area contributed by atoms with Crippen molar-refractivity contribution in [1.82, 2.24) is 0 Å². The molecule has 5 nitrogen and oxygen atoms in total. The molecule has 0 N–H and O–H groups in total. The molecule has 1 fully saturated rings. The minimum Gasteiger partial charge on any atom is -0.420 e. The van der Waals surface area contributed by atoms with Crippen molar-refractivity contribution in [3.8, 4) is 0 Å². The summed E-state index contributed by atoms with van der Waals surface area (Å²) >= 11 is 0. The maximum atomic E-state index is 12.3. The Morgan fingerprint density at radius 1 is 0.800 bits per heavy atom. The third-order valence-electron chi connectivity index (χ3n) is 2.99. The molecule has 1 rings (SSSR count). The van der Waals surface area contributed by atoms with E-state index in [-0.39, 0.29) is 6.67 Å². The van der Waals surface area contributed by atoms with Crippen molar-refractivity contribution in [2.45, 2.75) is 51.6 Å². The standard InChI is InChI=1S/C9H27FO5Si5/c1-16-11-17(2)13-19(4)15-20(5,9-7-6-8-10)14-18(3)12-16/h16-19H,6-9H2,1-5H3. The molecular weight excluding hydrogens is 348 g/mol. The van der Waals surface area contributed by atoms with E-state index < -0.39 is 45.7 Å². The van der Waals surface area contributed by atoms with Gasteiger partial charge in [-0.2, -0.15) is 0 Å². The van der Waals surface area contributed by atoms with Crippen molar-refractivity contribution in [2.24, 2.45) is 0 Å². The second-order valence-corrected chi connectivity index (χ2v) is 17.7. The largest absolute Gasteiger partial charge is 0.420 e. The summed E-state index contributed by atoms with van der Waals surface area (Å²) in [5.41, 5.74) is 0. The fourth-order valence-electron chi connectivity index (χ4n) is 2.32. The maximum Gasteiger partial charge on any atom is 0.316 e. The molecule has 0 aromatic rings. The normalized spacial score (nSPS) is 40.5. The van der Waals surface area contributed by atoms with E-state index in [9.17, 15) is 4.39 Å². The summed E-state index contributed by atoms with van der Waals surface area (Å²) in [7, 11) is -9.08. The Balaban J connectivity index is 2.70. The summed E-state index contributed by atoms with van der Waals surface area (Å²) in [6, 6.07) is 0.811. The zero-order chi connectivity index (χ0) is 15.2. The molecule has 120 valence electrons. The molecule has 0 saturated carbocycles. The number of rotatable bonds is 4. The van der Waals surface area contributed by atoms with Gasteiger partial charge in [0.2, 0.25) is 0 Å². The van der Waals surface area contributed by atoms with E-state index in [1.165, 1.54) is 0 Å². The van der Waals surface area contributed by atoms with Crippen LogP contribution < -0.4 is 0 Å². The van der Waals surface area contributed by atoms with E-state index in [2.05, 4.69) is 6.55 Å². The molecule has 1 heterocycles. The smallest absolute Gasteiger partial charge is 0.316 e. The van der Waals surface area contributed by atoms with Crippen LogP contribution in [0, 0.1) is 0 Å². The van der Waals surface area contributed by atoms with Crippen molar-refractivity contribution in [1.29, 1.82) is 0 Å². The molecule has 1 aliphatic rings. The van der Waals surface area contributed by atoms with Crippen LogP contribution >= 0.6 is 0 Å². The molecule has 0 bridgehead atoms. The molecule has 0 aromatic carbocycles. The number of unbranched alkanes of at least 4 members (excludes halogenated alkanes) is 1. The fraction of sp³-hybridized carbons (Fsp3) is 1.00. The Labute approximate surface area is 129 Å². The molecule has 11 heteroatoms. The molecule has 0 aliphatic carbocycles. The van der Waals surface area contributed by atoms with Gasteiger partial charge in [-0.25, -0.2) is 0 Å². The van der Waals surface area contributed by atoms with Crippen molar-refractivity contribution in [3.63, 3.8) is 0 Å². The van der Waals surface area contributed by atoms with E-state index >= 15 is 0 Å². The maximum absolute atomic E-state index is 12.3. The Morgan fingerprint density at radius 2 is 1.25 bits per heavy atom. The van der Waals surface area contributed by atoms with Gasteiger partial charge in [-0.15, -0.1) is 0 Å². The Morgan fingerprint density at radius 3 is 1.70 bits per heavy atom. The van der Waals surface area contributed by atoms with Crippen molar-refractivity contribution in [2.75, 3.05) is 6.67 Å². The molecule has 0 radical (unpaired) electrons. The Bertz CT molecular complexity index is 271. The second kappa shape index (κ2) is 9.07. The van der Waals surface area contributed by atoms with E-state index in [4.69, 9.17) is 20.6 Å². The van der Waals surface area contributed by atoms with Gasteiger partial charge in [-0.3, -0.25) is 4.39 Å². The van der Waals surface area contributed by atoms with Gasteiger partial charge in [-0.05, 0) is 51.6 Å². The molecule has 20 heavy (non-hydrogen) atoms. The molecule has 4 unspecified atom stereocenters. The van der Waals surface area contributed by atoms with Crippen LogP contribution in [0.1, 0.15) is 12.8 Å². The fourth-order valence-corrected chi connectivity index (χ4v) is 20.1. The summed E-state index contributed by atoms with van der Waals surface area (Å²) < 4.78 is 42.3. The van der Waals surface area contributed by atoms with Gasteiger partial charge >= 0.3 is 8.56 Å². The third kappa shape index (κ3) is 7.19. The molecule has 0 aromatic heterocycles. The van der Waals surface area contributed by atoms with Crippen molar-refractivity contribution >= 4 is 45.7 Å². The number of halogens is 1. The first-order valence-electron chi connectivity index (χ1n) is 7.22. The van der Waals surface area contributed by atoms with Crippen LogP contribution in [0.5, 0.6) is 0 Å². The number of hydrogen-bond donors (Lipinski definition) is 0. The second-order valence-electron chi connectivity index (χ2n) is 5.19. The van der Waals surface area contributed by atoms with E-state index in [0.717, 1.165) is 12.5 Å². The minimum atomic E-state index is -2.30. The summed E-state index contributed by atoms with van der Waals surface area (Å²) in [6.45, 7) is 9.88. The zero-order valence-corrected chi connectivity index (χ0v) is 18.7. The average Bonchev–Trinajstić information content (AvgIpc) is 2.25. The Kier molecular flexibility index (Phi) is 8.55. The van der Waals surface area contributed by atoms with Gasteiger partial charge < -0.3 is 20.6 Å². The van der Waals surface area contributed by atoms with Gasteiger partial charge in [-0.1, -0.05) is 0 Å². The lowest BCUT2D eigenvalue weighted by Gasteiger charge is -2.36. The van der Waals surface area contributed by atoms with Crippen molar-refractivity contribution < 1.29 is 25.0 Å². The lowest BCUT2D eigenvalue weighted by Crippen LogP contribution is -2.52. The van der Waals surface area contributed by atoms with E-state index in [1.54, 1.807) is 0 Å². The minimum absolute atomic E-state index is 0.279. The molecular formula is C9H27FO5Si5. The van der Waals surface area contributed by atoms with E-state index in [1.807, 2.05) is 26.2 Å². The summed E-state index contributed by atoms with van der Waals surface area (Å²) in [5, 5.41) is 0. The predicted molar refractivity (Wildman–Crippen MR) is 89.1 cm³/mol. The summed E-state index contributed by atoms with van der Waals surface area (Å²) in [6.07, 6.45) is 1.38. The number of alkyl halides is 1. The van der Waals surface area contributed by atoms with Crippen LogP contribution in [0.2, 0.25) is 38.8 Å². The first-order chi connectivity index (χ1) is 9.34. The van der Waals surface area contributed by atoms with E-state index in [0.29, 0.717) is 6.42 Å². The summed E-state index contributed by atoms with van der Waals surface area (Å²) in [4.78, 5) is 0. The quantitative estimate of drug-likeness (QED) is 0.548. The van der Waals surface area contributed by atoms with Crippen molar-refractivity contribution in [3.05, 3.63) is 0 Å². The average molecular weight is 375 g/mol. The van der Waals surface area contributed by atoms with Gasteiger partial charge in [0, 0.05) is 0 Å². The van der Waals surface area contributed by atoms with Crippen LogP contribution in [0.25, 0.3) is 0 Å². The topological polar surface area (TPSA) is 46.2 Å². The third-order valence-corrected chi connectivity index (χ3v) is 20.1. The van der Waals surface area contributed by atoms with Crippen LogP contribution in [0.15, 0.2) is 0 Å². The molecule has 1 aliphatic heterocycles. The van der Waals surface area contributed by atoms with Crippen LogP contribution in [-0.4, -0.2) is 52.4 Å². The predicted octanol–water partition coefficient (Wildman–Crippen LogP) is 1.31. The number of hydrogen-bond acceptors (Lipinski definition) is 5. The lowest BCUT2D eigenvalue weighted by molar-refractivity contribution is 0.277. The monoisotopic (exact) mass is 374 g/mol. The molecule has 1 saturated heterocycles. The highest BCUT2D eigenvalue weighted by atomic mass is 28.5. The summed E-state index contributed by atoms with van der Waals surface area (Å²) in [5.74, 6) is 0. The highest BCUT2D eigenvalue weighted by Crippen LogP contribution is 2.21. The highest BCUT2D eigenvalue weighted by Gasteiger charge is 2.38. The SMILES string of the molecule is C[SiH]1O[SiH](C)O[SiH](C)O[Si](C)(CCCCF)O[SiH](C)O1. The first kappa shape index (κ1) is 18.9. The zero-order valence-electron chi connectivity index (χ0n) is 13.1. The van der Waals surface area contributed by atoms with Crippen LogP contribution in [0.4, 0.5) is 4.39 Å². The van der Waals surface area contributed by atoms with Gasteiger partial charge in [0.1, 0.15) is 0 Å².